The Balaban J connectivity index is 2.13. The smallest absolute Gasteiger partial charge is 0.0673 e. The Hall–Kier alpha value is -1.80. The average Bonchev–Trinajstić information content (AvgIpc) is 2.30. The summed E-state index contributed by atoms with van der Waals surface area (Å²) in [4.78, 5) is 0. The Bertz CT molecular complexity index is 614. The van der Waals surface area contributed by atoms with E-state index in [4.69, 9.17) is 10.5 Å². The number of ether oxygens (including phenoxy) is 1. The van der Waals surface area contributed by atoms with Crippen LogP contribution in [0, 0.1) is 13.8 Å². The Morgan fingerprint density at radius 3 is 2.42 bits per heavy atom. The molecule has 3 rings (SSSR count). The van der Waals surface area contributed by atoms with Gasteiger partial charge >= 0.3 is 0 Å². The van der Waals surface area contributed by atoms with Gasteiger partial charge in [0.25, 0.3) is 0 Å². The van der Waals surface area contributed by atoms with Crippen LogP contribution in [0.1, 0.15) is 22.3 Å². The molecule has 2 nitrogen and oxygen atoms in total. The molecule has 1 fully saturated rings. The molecule has 2 aromatic rings. The van der Waals surface area contributed by atoms with Crippen molar-refractivity contribution in [3.05, 3.63) is 64.7 Å². The van der Waals surface area contributed by atoms with E-state index in [0.29, 0.717) is 0 Å². The molecule has 2 N–H and O–H groups in total. The number of nitrogens with two attached hydrogens (primary N) is 1. The van der Waals surface area contributed by atoms with Crippen molar-refractivity contribution in [2.45, 2.75) is 19.3 Å². The van der Waals surface area contributed by atoms with Crippen molar-refractivity contribution in [2.24, 2.45) is 0 Å². The van der Waals surface area contributed by atoms with Gasteiger partial charge in [0.1, 0.15) is 0 Å². The first kappa shape index (κ1) is 12.2. The Kier molecular flexibility index (Phi) is 2.83. The molecule has 0 radical (unpaired) electrons. The number of hydrogen-bond acceptors (Lipinski definition) is 2. The van der Waals surface area contributed by atoms with E-state index >= 15 is 0 Å². The highest BCUT2D eigenvalue weighted by molar-refractivity contribution is 5.51. The molecular weight excluding hydrogens is 234 g/mol. The van der Waals surface area contributed by atoms with E-state index in [-0.39, 0.29) is 5.41 Å². The summed E-state index contributed by atoms with van der Waals surface area (Å²) >= 11 is 0. The SMILES string of the molecule is Cc1ccc(C2(c3cccc(N)c3)COC2)c(C)c1. The van der Waals surface area contributed by atoms with Crippen LogP contribution in [0.25, 0.3) is 0 Å². The van der Waals surface area contributed by atoms with Crippen molar-refractivity contribution in [3.8, 4) is 0 Å². The van der Waals surface area contributed by atoms with Crippen LogP contribution in [-0.4, -0.2) is 13.2 Å². The molecular formula is C17H19NO. The minimum absolute atomic E-state index is 0.0207. The van der Waals surface area contributed by atoms with Crippen molar-refractivity contribution in [3.63, 3.8) is 0 Å². The third-order valence-corrected chi connectivity index (χ3v) is 4.03. The second kappa shape index (κ2) is 4.39. The molecule has 0 bridgehead atoms. The van der Waals surface area contributed by atoms with Gasteiger partial charge in [-0.1, -0.05) is 35.9 Å². The van der Waals surface area contributed by atoms with Crippen molar-refractivity contribution in [1.29, 1.82) is 0 Å². The van der Waals surface area contributed by atoms with Crippen LogP contribution in [0.3, 0.4) is 0 Å². The zero-order chi connectivity index (χ0) is 13.5. The normalized spacial score (nSPS) is 16.9. The number of aryl methyl sites for hydroxylation is 2. The van der Waals surface area contributed by atoms with E-state index in [2.05, 4.69) is 44.2 Å². The van der Waals surface area contributed by atoms with Crippen LogP contribution in [0.5, 0.6) is 0 Å². The molecule has 0 aromatic heterocycles. The van der Waals surface area contributed by atoms with E-state index in [1.165, 1.54) is 22.3 Å². The standard InChI is InChI=1S/C17H19NO/c1-12-6-7-16(13(2)8-12)17(10-19-11-17)14-4-3-5-15(18)9-14/h3-9H,10-11,18H2,1-2H3. The third-order valence-electron chi connectivity index (χ3n) is 4.03. The quantitative estimate of drug-likeness (QED) is 0.834. The second-order valence-electron chi connectivity index (χ2n) is 5.52. The predicted molar refractivity (Wildman–Crippen MR) is 78.4 cm³/mol. The lowest BCUT2D eigenvalue weighted by Crippen LogP contribution is -2.48. The van der Waals surface area contributed by atoms with Crippen molar-refractivity contribution >= 4 is 5.69 Å². The van der Waals surface area contributed by atoms with Crippen molar-refractivity contribution < 1.29 is 4.74 Å². The van der Waals surface area contributed by atoms with Crippen LogP contribution in [0.15, 0.2) is 42.5 Å². The highest BCUT2D eigenvalue weighted by atomic mass is 16.5. The lowest BCUT2D eigenvalue weighted by atomic mass is 9.71. The van der Waals surface area contributed by atoms with Crippen LogP contribution in [0.2, 0.25) is 0 Å². The topological polar surface area (TPSA) is 35.2 Å². The largest absolute Gasteiger partial charge is 0.399 e. The summed E-state index contributed by atoms with van der Waals surface area (Å²) in [7, 11) is 0. The zero-order valence-electron chi connectivity index (χ0n) is 11.4. The molecule has 0 aliphatic carbocycles. The Labute approximate surface area is 114 Å². The Morgan fingerprint density at radius 1 is 1.05 bits per heavy atom. The fourth-order valence-corrected chi connectivity index (χ4v) is 2.97. The van der Waals surface area contributed by atoms with Gasteiger partial charge in [-0.15, -0.1) is 0 Å². The van der Waals surface area contributed by atoms with E-state index in [0.717, 1.165) is 18.9 Å². The Morgan fingerprint density at radius 2 is 1.84 bits per heavy atom. The van der Waals surface area contributed by atoms with Crippen LogP contribution >= 0.6 is 0 Å². The molecule has 1 aliphatic heterocycles. The lowest BCUT2D eigenvalue weighted by Gasteiger charge is -2.43. The molecule has 1 heterocycles. The lowest BCUT2D eigenvalue weighted by molar-refractivity contribution is -0.0382. The monoisotopic (exact) mass is 253 g/mol. The number of benzene rings is 2. The van der Waals surface area contributed by atoms with Gasteiger partial charge in [-0.05, 0) is 42.7 Å². The van der Waals surface area contributed by atoms with Gasteiger partial charge in [0.2, 0.25) is 0 Å². The first-order chi connectivity index (χ1) is 9.12. The summed E-state index contributed by atoms with van der Waals surface area (Å²) in [5.74, 6) is 0. The van der Waals surface area contributed by atoms with Crippen molar-refractivity contribution in [1.82, 2.24) is 0 Å². The van der Waals surface area contributed by atoms with Gasteiger partial charge in [0.05, 0.1) is 18.6 Å². The van der Waals surface area contributed by atoms with Crippen LogP contribution in [-0.2, 0) is 10.2 Å². The average molecular weight is 253 g/mol. The highest BCUT2D eigenvalue weighted by Gasteiger charge is 2.42. The maximum Gasteiger partial charge on any atom is 0.0673 e. The van der Waals surface area contributed by atoms with Crippen molar-refractivity contribution in [2.75, 3.05) is 18.9 Å². The molecule has 0 spiro atoms. The number of anilines is 1. The molecule has 0 saturated carbocycles. The minimum atomic E-state index is -0.0207. The van der Waals surface area contributed by atoms with E-state index < -0.39 is 0 Å². The fraction of sp³-hybridized carbons (Fsp3) is 0.294. The molecule has 1 saturated heterocycles. The van der Waals surface area contributed by atoms with Gasteiger partial charge < -0.3 is 10.5 Å². The number of nitrogen functional groups attached to an aromatic ring is 1. The third kappa shape index (κ3) is 1.92. The minimum Gasteiger partial charge on any atom is -0.399 e. The maximum absolute atomic E-state index is 5.93. The molecule has 0 unspecified atom stereocenters. The van der Waals surface area contributed by atoms with Gasteiger partial charge in [0, 0.05) is 5.69 Å². The van der Waals surface area contributed by atoms with E-state index in [1.807, 2.05) is 12.1 Å². The van der Waals surface area contributed by atoms with Gasteiger partial charge in [0.15, 0.2) is 0 Å². The summed E-state index contributed by atoms with van der Waals surface area (Å²) in [5, 5.41) is 0. The van der Waals surface area contributed by atoms with E-state index in [9.17, 15) is 0 Å². The molecule has 2 heteroatoms. The summed E-state index contributed by atoms with van der Waals surface area (Å²) in [5.41, 5.74) is 12.0. The zero-order valence-corrected chi connectivity index (χ0v) is 11.4. The van der Waals surface area contributed by atoms with Crippen LogP contribution < -0.4 is 5.73 Å². The first-order valence-corrected chi connectivity index (χ1v) is 6.63. The van der Waals surface area contributed by atoms with Crippen LogP contribution in [0.4, 0.5) is 5.69 Å². The summed E-state index contributed by atoms with van der Waals surface area (Å²) < 4.78 is 5.53. The summed E-state index contributed by atoms with van der Waals surface area (Å²) in [6, 6.07) is 14.8. The maximum atomic E-state index is 5.93. The molecule has 0 atom stereocenters. The van der Waals surface area contributed by atoms with Gasteiger partial charge in [-0.2, -0.15) is 0 Å². The number of hydrogen-bond donors (Lipinski definition) is 1. The molecule has 19 heavy (non-hydrogen) atoms. The highest BCUT2D eigenvalue weighted by Crippen LogP contribution is 2.41. The molecule has 2 aromatic carbocycles. The van der Waals surface area contributed by atoms with Gasteiger partial charge in [-0.25, -0.2) is 0 Å². The predicted octanol–water partition coefficient (Wildman–Crippen LogP) is 3.20. The second-order valence-corrected chi connectivity index (χ2v) is 5.52. The van der Waals surface area contributed by atoms with E-state index in [1.54, 1.807) is 0 Å². The summed E-state index contributed by atoms with van der Waals surface area (Å²) in [6.45, 7) is 5.77. The number of rotatable bonds is 2. The molecule has 98 valence electrons. The molecule has 1 aliphatic rings. The fourth-order valence-electron chi connectivity index (χ4n) is 2.97. The molecule has 0 amide bonds. The first-order valence-electron chi connectivity index (χ1n) is 6.63. The summed E-state index contributed by atoms with van der Waals surface area (Å²) in [6.07, 6.45) is 0. The van der Waals surface area contributed by atoms with Gasteiger partial charge in [-0.3, -0.25) is 0 Å².